The molecule has 6 rings (SSSR count). The number of ether oxygens (including phenoxy) is 1. The zero-order valence-electron chi connectivity index (χ0n) is 23.4. The first kappa shape index (κ1) is 27.9. The third-order valence-electron chi connectivity index (χ3n) is 9.05. The van der Waals surface area contributed by atoms with Crippen molar-refractivity contribution in [3.63, 3.8) is 0 Å². The fourth-order valence-electron chi connectivity index (χ4n) is 7.28. The summed E-state index contributed by atoms with van der Waals surface area (Å²) >= 11 is 0. The van der Waals surface area contributed by atoms with E-state index >= 15 is 0 Å². The van der Waals surface area contributed by atoms with Crippen molar-refractivity contribution < 1.29 is 27.5 Å². The van der Waals surface area contributed by atoms with E-state index in [1.165, 1.54) is 6.07 Å². The molecule has 1 saturated carbocycles. The van der Waals surface area contributed by atoms with Crippen LogP contribution in [0.1, 0.15) is 63.6 Å². The number of nitriles is 1. The van der Waals surface area contributed by atoms with E-state index in [9.17, 15) is 28.1 Å². The number of amides is 3. The number of nitrogens with zero attached hydrogens (tertiary/aromatic N) is 4. The highest BCUT2D eigenvalue weighted by atomic mass is 32.2. The number of carbonyl (C=O) groups is 3. The molecule has 0 radical (unpaired) electrons. The average molecular weight is 585 g/mol. The van der Waals surface area contributed by atoms with Crippen molar-refractivity contribution in [1.82, 2.24) is 20.0 Å². The van der Waals surface area contributed by atoms with Gasteiger partial charge in [-0.15, -0.1) is 0 Å². The summed E-state index contributed by atoms with van der Waals surface area (Å²) in [7, 11) is -3.81. The van der Waals surface area contributed by atoms with Crippen LogP contribution in [0.25, 0.3) is 0 Å². The maximum absolute atomic E-state index is 13.8. The van der Waals surface area contributed by atoms with Crippen molar-refractivity contribution >= 4 is 27.9 Å². The molecule has 3 heterocycles. The molecule has 0 spiro atoms. The molecule has 220 valence electrons. The number of rotatable bonds is 6. The van der Waals surface area contributed by atoms with Crippen LogP contribution in [0.4, 0.5) is 4.79 Å². The Morgan fingerprint density at radius 1 is 1.22 bits per heavy atom. The molecule has 1 aromatic carbocycles. The Bertz CT molecular complexity index is 1450. The molecule has 2 bridgehead atoms. The molecule has 1 aromatic rings. The van der Waals surface area contributed by atoms with E-state index in [1.54, 1.807) is 37.8 Å². The SMILES string of the molecule is CC(C)(C)OC(=O)NC(CN1C[C@@H]2CC1C(=O)N2C1CCc2cc(S(N)(=O)=O)ccc21)C(=O)N1C(C#N)C[C@@H]2C[C@@H]21. The minimum atomic E-state index is -3.81. The van der Waals surface area contributed by atoms with Crippen molar-refractivity contribution in [3.8, 4) is 6.07 Å². The van der Waals surface area contributed by atoms with Crippen molar-refractivity contribution in [2.75, 3.05) is 13.1 Å². The molecule has 4 unspecified atom stereocenters. The predicted octanol–water partition coefficient (Wildman–Crippen LogP) is 1.01. The van der Waals surface area contributed by atoms with Gasteiger partial charge in [-0.3, -0.25) is 14.5 Å². The minimum absolute atomic E-state index is 0.0273. The second kappa shape index (κ2) is 9.68. The van der Waals surface area contributed by atoms with Crippen LogP contribution in [0.2, 0.25) is 0 Å². The van der Waals surface area contributed by atoms with E-state index in [2.05, 4.69) is 11.4 Å². The van der Waals surface area contributed by atoms with Crippen LogP contribution in [-0.2, 0) is 30.8 Å². The molecule has 3 aliphatic heterocycles. The zero-order chi connectivity index (χ0) is 29.4. The van der Waals surface area contributed by atoms with Crippen molar-refractivity contribution in [1.29, 1.82) is 5.26 Å². The van der Waals surface area contributed by atoms with Crippen molar-refractivity contribution in [2.24, 2.45) is 11.1 Å². The van der Waals surface area contributed by atoms with Crippen molar-refractivity contribution in [2.45, 2.75) is 99.6 Å². The molecule has 12 nitrogen and oxygen atoms in total. The lowest BCUT2D eigenvalue weighted by atomic mass is 10.1. The van der Waals surface area contributed by atoms with Gasteiger partial charge in [-0.05, 0) is 82.1 Å². The number of piperazine rings is 1. The summed E-state index contributed by atoms with van der Waals surface area (Å²) in [6, 6.07) is 5.01. The van der Waals surface area contributed by atoms with Crippen LogP contribution >= 0.6 is 0 Å². The maximum atomic E-state index is 13.8. The summed E-state index contributed by atoms with van der Waals surface area (Å²) in [6.07, 6.45) is 2.77. The molecule has 4 fully saturated rings. The van der Waals surface area contributed by atoms with Crippen LogP contribution in [0.15, 0.2) is 23.1 Å². The zero-order valence-corrected chi connectivity index (χ0v) is 24.3. The molecule has 0 aromatic heterocycles. The molecule has 41 heavy (non-hydrogen) atoms. The number of alkyl carbamates (subject to hydrolysis) is 1. The second-order valence-electron chi connectivity index (χ2n) is 13.0. The first-order valence-electron chi connectivity index (χ1n) is 14.2. The van der Waals surface area contributed by atoms with Gasteiger partial charge in [0.2, 0.25) is 21.8 Å². The van der Waals surface area contributed by atoms with E-state index in [-0.39, 0.29) is 41.4 Å². The van der Waals surface area contributed by atoms with Gasteiger partial charge in [0.25, 0.3) is 0 Å². The standard InChI is InChI=1S/C28H36N6O6S/c1-28(2,3)40-27(37)31-21(25(35)33-17(12-29)8-16-10-23(16)33)14-32-13-18-11-24(32)26(36)34(18)22-7-4-15-9-19(41(30,38)39)5-6-20(15)22/h5-6,9,16-18,21-24H,4,7-8,10-11,13-14H2,1-3H3,(H,31,37)(H2,30,38,39)/t16-,17?,18+,21?,22?,23+,24?/m1/s1. The lowest BCUT2D eigenvalue weighted by Gasteiger charge is -2.39. The van der Waals surface area contributed by atoms with Gasteiger partial charge in [0.15, 0.2) is 0 Å². The summed E-state index contributed by atoms with van der Waals surface area (Å²) in [4.78, 5) is 45.8. The smallest absolute Gasteiger partial charge is 0.408 e. The number of primary sulfonamides is 1. The highest BCUT2D eigenvalue weighted by Crippen LogP contribution is 2.48. The van der Waals surface area contributed by atoms with Crippen molar-refractivity contribution in [3.05, 3.63) is 29.3 Å². The van der Waals surface area contributed by atoms with Crippen LogP contribution in [0.3, 0.4) is 0 Å². The van der Waals surface area contributed by atoms with E-state index < -0.39 is 39.8 Å². The Morgan fingerprint density at radius 3 is 2.63 bits per heavy atom. The van der Waals surface area contributed by atoms with Gasteiger partial charge in [0.1, 0.15) is 17.7 Å². The third-order valence-corrected chi connectivity index (χ3v) is 9.96. The number of hydrogen-bond donors (Lipinski definition) is 2. The van der Waals surface area contributed by atoms with Gasteiger partial charge >= 0.3 is 6.09 Å². The average Bonchev–Trinajstić information content (AvgIpc) is 3.21. The van der Waals surface area contributed by atoms with E-state index in [1.807, 2.05) is 9.80 Å². The monoisotopic (exact) mass is 584 g/mol. The van der Waals surface area contributed by atoms with Crippen LogP contribution in [-0.4, -0.2) is 89.9 Å². The first-order valence-corrected chi connectivity index (χ1v) is 15.7. The number of nitrogens with one attached hydrogen (secondary N) is 1. The normalized spacial score (nSPS) is 31.0. The number of piperidine rings is 1. The van der Waals surface area contributed by atoms with Gasteiger partial charge in [-0.25, -0.2) is 18.4 Å². The molecule has 5 aliphatic rings. The minimum Gasteiger partial charge on any atom is -0.444 e. The second-order valence-corrected chi connectivity index (χ2v) is 14.5. The molecule has 3 saturated heterocycles. The lowest BCUT2D eigenvalue weighted by Crippen LogP contribution is -2.59. The highest BCUT2D eigenvalue weighted by Gasteiger charge is 2.57. The number of benzene rings is 1. The molecular weight excluding hydrogens is 548 g/mol. The summed E-state index contributed by atoms with van der Waals surface area (Å²) in [6.45, 7) is 5.92. The third kappa shape index (κ3) is 5.06. The maximum Gasteiger partial charge on any atom is 0.408 e. The Morgan fingerprint density at radius 2 is 1.98 bits per heavy atom. The molecule has 3 amide bonds. The molecule has 2 aliphatic carbocycles. The predicted molar refractivity (Wildman–Crippen MR) is 145 cm³/mol. The topological polar surface area (TPSA) is 166 Å². The van der Waals surface area contributed by atoms with E-state index in [0.717, 1.165) is 17.5 Å². The van der Waals surface area contributed by atoms with Gasteiger partial charge in [-0.2, -0.15) is 5.26 Å². The van der Waals surface area contributed by atoms with Crippen LogP contribution < -0.4 is 10.5 Å². The molecule has 7 atom stereocenters. The summed E-state index contributed by atoms with van der Waals surface area (Å²) < 4.78 is 29.0. The number of hydrogen-bond acceptors (Lipinski definition) is 8. The Kier molecular flexibility index (Phi) is 6.59. The van der Waals surface area contributed by atoms with Gasteiger partial charge < -0.3 is 19.9 Å². The lowest BCUT2D eigenvalue weighted by molar-refractivity contribution is -0.141. The number of fused-ring (bicyclic) bond motifs is 4. The largest absolute Gasteiger partial charge is 0.444 e. The Labute approximate surface area is 239 Å². The van der Waals surface area contributed by atoms with Gasteiger partial charge in [0.05, 0.1) is 23.0 Å². The Hall–Kier alpha value is -3.21. The summed E-state index contributed by atoms with van der Waals surface area (Å²) in [5.74, 6) is -0.00895. The number of likely N-dealkylation sites (tertiary alicyclic amines) is 3. The Balaban J connectivity index is 1.18. The quantitative estimate of drug-likeness (QED) is 0.500. The summed E-state index contributed by atoms with van der Waals surface area (Å²) in [5.41, 5.74) is 1.08. The fourth-order valence-corrected chi connectivity index (χ4v) is 7.84. The van der Waals surface area contributed by atoms with Crippen LogP contribution in [0, 0.1) is 17.2 Å². The fraction of sp³-hybridized carbons (Fsp3) is 0.643. The number of nitrogens with two attached hydrogens (primary N) is 1. The molecule has 13 heteroatoms. The molecule has 3 N–H and O–H groups in total. The van der Waals surface area contributed by atoms with E-state index in [0.29, 0.717) is 38.1 Å². The number of carbonyl (C=O) groups excluding carboxylic acids is 3. The first-order chi connectivity index (χ1) is 19.2. The highest BCUT2D eigenvalue weighted by molar-refractivity contribution is 7.89. The van der Waals surface area contributed by atoms with Crippen LogP contribution in [0.5, 0.6) is 0 Å². The molecular formula is C28H36N6O6S. The van der Waals surface area contributed by atoms with Gasteiger partial charge in [-0.1, -0.05) is 6.07 Å². The number of aryl methyl sites for hydroxylation is 1. The summed E-state index contributed by atoms with van der Waals surface area (Å²) in [5, 5.41) is 17.7. The van der Waals surface area contributed by atoms with E-state index in [4.69, 9.17) is 9.88 Å². The number of sulfonamides is 1. The van der Waals surface area contributed by atoms with Gasteiger partial charge in [0, 0.05) is 25.2 Å².